The van der Waals surface area contributed by atoms with E-state index in [1.165, 1.54) is 11.3 Å². The Labute approximate surface area is 107 Å². The summed E-state index contributed by atoms with van der Waals surface area (Å²) in [5.74, 6) is 0. The first-order valence-electron chi connectivity index (χ1n) is 6.29. The molecule has 0 radical (unpaired) electrons. The van der Waals surface area contributed by atoms with Gasteiger partial charge in [0.1, 0.15) is 0 Å². The normalized spacial score (nSPS) is 13.4. The van der Waals surface area contributed by atoms with Crippen LogP contribution in [0.4, 0.5) is 5.69 Å². The Bertz CT molecular complexity index is 723. The van der Waals surface area contributed by atoms with Crippen molar-refractivity contribution in [3.05, 3.63) is 59.1 Å². The average molecular weight is 242 g/mol. The Morgan fingerprint density at radius 2 is 2.06 bits per heavy atom. The van der Waals surface area contributed by atoms with Crippen LogP contribution >= 0.6 is 11.3 Å². The van der Waals surface area contributed by atoms with Gasteiger partial charge in [0.05, 0.1) is 15.9 Å². The van der Waals surface area contributed by atoms with E-state index in [-0.39, 0.29) is 0 Å². The van der Waals surface area contributed by atoms with E-state index in [0.29, 0.717) is 16.1 Å². The molecule has 2 nitrogen and oxygen atoms in total. The van der Waals surface area contributed by atoms with Crippen molar-refractivity contribution in [3.8, 4) is 0 Å². The molecule has 84 valence electrons. The topological polar surface area (TPSA) is 38.9 Å². The van der Waals surface area contributed by atoms with Crippen molar-refractivity contribution >= 4 is 27.2 Å². The zero-order chi connectivity index (χ0) is 13.5. The Morgan fingerprint density at radius 1 is 1.24 bits per heavy atom. The lowest BCUT2D eigenvalue weighted by molar-refractivity contribution is 1.24. The number of hydrogen-bond acceptors (Lipinski definition) is 3. The third kappa shape index (κ3) is 2.01. The predicted octanol–water partition coefficient (Wildman–Crippen LogP) is 3.47. The van der Waals surface area contributed by atoms with E-state index in [2.05, 4.69) is 4.98 Å². The fourth-order valence-electron chi connectivity index (χ4n) is 1.68. The fraction of sp³-hybridized carbons (Fsp3) is 0.0714. The summed E-state index contributed by atoms with van der Waals surface area (Å²) >= 11 is 1.36. The van der Waals surface area contributed by atoms with Crippen molar-refractivity contribution in [2.24, 2.45) is 0 Å². The van der Waals surface area contributed by atoms with Crippen LogP contribution in [0.15, 0.2) is 48.7 Å². The summed E-state index contributed by atoms with van der Waals surface area (Å²) in [4.78, 5) is 4.86. The summed E-state index contributed by atoms with van der Waals surface area (Å²) < 4.78 is 17.5. The number of nitrogens with two attached hydrogens (primary N) is 1. The summed E-state index contributed by atoms with van der Waals surface area (Å²) in [6, 6.07) is 12.7. The highest BCUT2D eigenvalue weighted by molar-refractivity contribution is 7.19. The number of anilines is 1. The van der Waals surface area contributed by atoms with Gasteiger partial charge in [0.2, 0.25) is 0 Å². The molecule has 3 rings (SSSR count). The van der Waals surface area contributed by atoms with Crippen LogP contribution in [0.2, 0.25) is 0 Å². The molecule has 2 heterocycles. The highest BCUT2D eigenvalue weighted by Gasteiger charge is 2.05. The van der Waals surface area contributed by atoms with E-state index >= 15 is 0 Å². The highest BCUT2D eigenvalue weighted by atomic mass is 32.1. The number of rotatable bonds is 2. The molecule has 0 bridgehead atoms. The second kappa shape index (κ2) is 4.18. The van der Waals surface area contributed by atoms with Crippen LogP contribution in [0, 0.1) is 0 Å². The minimum Gasteiger partial charge on any atom is -0.397 e. The average Bonchev–Trinajstić information content (AvgIpc) is 2.86. The quantitative estimate of drug-likeness (QED) is 0.747. The first kappa shape index (κ1) is 8.25. The smallest absolute Gasteiger partial charge is 0.0833 e. The second-order valence-corrected chi connectivity index (χ2v) is 4.77. The molecule has 0 amide bonds. The van der Waals surface area contributed by atoms with Gasteiger partial charge in [-0.3, -0.25) is 4.98 Å². The van der Waals surface area contributed by atoms with Crippen molar-refractivity contribution in [2.45, 2.75) is 6.37 Å². The van der Waals surface area contributed by atoms with Crippen LogP contribution in [0.3, 0.4) is 0 Å². The molecule has 0 unspecified atom stereocenters. The summed E-state index contributed by atoms with van der Waals surface area (Å²) in [5, 5.41) is 0. The number of nitrogens with zero attached hydrogens (tertiary/aromatic N) is 1. The van der Waals surface area contributed by atoms with E-state index < -0.39 is 6.37 Å². The molecule has 3 aromatic rings. The molecular formula is C14H12N2S. The van der Waals surface area contributed by atoms with E-state index in [1.807, 2.05) is 18.2 Å². The van der Waals surface area contributed by atoms with E-state index in [1.54, 1.807) is 30.5 Å². The SMILES string of the molecule is [2H]C([2H])(c1ccccc1)c1cc2nccc(N)c2s1. The van der Waals surface area contributed by atoms with Crippen LogP contribution in [0.5, 0.6) is 0 Å². The number of fused-ring (bicyclic) bond motifs is 1. The molecule has 1 aromatic carbocycles. The zero-order valence-corrected chi connectivity index (χ0v) is 9.87. The second-order valence-electron chi connectivity index (χ2n) is 3.72. The minimum atomic E-state index is -1.53. The molecule has 0 aliphatic rings. The fourth-order valence-corrected chi connectivity index (χ4v) is 2.64. The van der Waals surface area contributed by atoms with Crippen LogP contribution in [0.1, 0.15) is 13.2 Å². The molecule has 2 aromatic heterocycles. The van der Waals surface area contributed by atoms with Crippen LogP contribution < -0.4 is 5.73 Å². The molecule has 3 heteroatoms. The molecule has 0 saturated carbocycles. The number of hydrogen-bond donors (Lipinski definition) is 1. The molecule has 0 aliphatic heterocycles. The van der Waals surface area contributed by atoms with Crippen molar-refractivity contribution in [1.29, 1.82) is 0 Å². The van der Waals surface area contributed by atoms with Gasteiger partial charge in [-0.15, -0.1) is 11.3 Å². The van der Waals surface area contributed by atoms with Gasteiger partial charge in [-0.25, -0.2) is 0 Å². The summed E-state index contributed by atoms with van der Waals surface area (Å²) in [6.07, 6.45) is 0.116. The van der Waals surface area contributed by atoms with Gasteiger partial charge >= 0.3 is 0 Å². The van der Waals surface area contributed by atoms with Crippen molar-refractivity contribution in [2.75, 3.05) is 5.73 Å². The molecule has 0 atom stereocenters. The van der Waals surface area contributed by atoms with Gasteiger partial charge in [-0.05, 0) is 17.7 Å². The molecule has 0 aliphatic carbocycles. The van der Waals surface area contributed by atoms with Crippen molar-refractivity contribution in [1.82, 2.24) is 4.98 Å². The van der Waals surface area contributed by atoms with Gasteiger partial charge in [0, 0.05) is 20.2 Å². The predicted molar refractivity (Wildman–Crippen MR) is 73.3 cm³/mol. The Morgan fingerprint density at radius 3 is 2.82 bits per heavy atom. The number of pyridine rings is 1. The zero-order valence-electron chi connectivity index (χ0n) is 11.1. The summed E-state index contributed by atoms with van der Waals surface area (Å²) in [5.41, 5.74) is 7.93. The van der Waals surface area contributed by atoms with Crippen LogP contribution in [0.25, 0.3) is 10.2 Å². The number of thiophene rings is 1. The Hall–Kier alpha value is -1.87. The highest BCUT2D eigenvalue weighted by Crippen LogP contribution is 2.29. The van der Waals surface area contributed by atoms with Crippen LogP contribution in [-0.4, -0.2) is 4.98 Å². The maximum atomic E-state index is 8.32. The van der Waals surface area contributed by atoms with Crippen LogP contribution in [-0.2, 0) is 6.37 Å². The van der Waals surface area contributed by atoms with Gasteiger partial charge in [-0.1, -0.05) is 30.3 Å². The third-order valence-corrected chi connectivity index (χ3v) is 3.57. The number of nitrogen functional groups attached to an aromatic ring is 1. The third-order valence-electron chi connectivity index (χ3n) is 2.48. The standard InChI is InChI=1S/C14H12N2S/c15-12-6-7-16-13-9-11(17-14(12)13)8-10-4-2-1-3-5-10/h1-7,9H,8H2,(H2,15,16)/i8D2. The Balaban J connectivity index is 2.16. The maximum absolute atomic E-state index is 8.32. The maximum Gasteiger partial charge on any atom is 0.0833 e. The Kier molecular flexibility index (Phi) is 2.03. The van der Waals surface area contributed by atoms with Gasteiger partial charge in [0.15, 0.2) is 0 Å². The van der Waals surface area contributed by atoms with Crippen molar-refractivity contribution < 1.29 is 2.74 Å². The number of aromatic nitrogens is 1. The van der Waals surface area contributed by atoms with Gasteiger partial charge in [0.25, 0.3) is 0 Å². The first-order valence-corrected chi connectivity index (χ1v) is 6.11. The summed E-state index contributed by atoms with van der Waals surface area (Å²) in [7, 11) is 0. The van der Waals surface area contributed by atoms with E-state index in [0.717, 1.165) is 10.2 Å². The lowest BCUT2D eigenvalue weighted by atomic mass is 10.1. The summed E-state index contributed by atoms with van der Waals surface area (Å²) in [6.45, 7) is 0. The first-order chi connectivity index (χ1) is 9.09. The molecule has 0 spiro atoms. The molecular weight excluding hydrogens is 228 g/mol. The number of benzene rings is 1. The lowest BCUT2D eigenvalue weighted by Gasteiger charge is -1.96. The van der Waals surface area contributed by atoms with Gasteiger partial charge < -0.3 is 5.73 Å². The van der Waals surface area contributed by atoms with E-state index in [9.17, 15) is 0 Å². The molecule has 2 N–H and O–H groups in total. The largest absolute Gasteiger partial charge is 0.397 e. The van der Waals surface area contributed by atoms with Crippen molar-refractivity contribution in [3.63, 3.8) is 0 Å². The molecule has 0 saturated heterocycles. The molecule has 0 fully saturated rings. The van der Waals surface area contributed by atoms with Gasteiger partial charge in [-0.2, -0.15) is 0 Å². The van der Waals surface area contributed by atoms with E-state index in [4.69, 9.17) is 8.48 Å². The monoisotopic (exact) mass is 242 g/mol. The molecule has 17 heavy (non-hydrogen) atoms. The minimum absolute atomic E-state index is 0.624. The lowest BCUT2D eigenvalue weighted by Crippen LogP contribution is -1.83.